The van der Waals surface area contributed by atoms with Crippen LogP contribution in [0.1, 0.15) is 30.9 Å². The molecule has 1 aromatic carbocycles. The summed E-state index contributed by atoms with van der Waals surface area (Å²) in [4.78, 5) is 4.61. The summed E-state index contributed by atoms with van der Waals surface area (Å²) >= 11 is 0. The van der Waals surface area contributed by atoms with Gasteiger partial charge in [-0.2, -0.15) is 0 Å². The molecule has 0 spiro atoms. The van der Waals surface area contributed by atoms with Crippen molar-refractivity contribution in [3.8, 4) is 0 Å². The third-order valence-corrected chi connectivity index (χ3v) is 2.96. The standard InChI is InChI=1S/C16H27N3O/c1-4-5-10-17-16(18-11-12-20-3)19-13-15-8-6-14(2)7-9-15/h6-9H,4-5,10-13H2,1-3H3,(H2,17,18,19). The first kappa shape index (κ1) is 16.5. The van der Waals surface area contributed by atoms with Gasteiger partial charge in [0.25, 0.3) is 0 Å². The van der Waals surface area contributed by atoms with E-state index in [0.29, 0.717) is 13.2 Å². The van der Waals surface area contributed by atoms with Crippen LogP contribution < -0.4 is 10.6 Å². The second-order valence-electron chi connectivity index (χ2n) is 4.85. The topological polar surface area (TPSA) is 45.7 Å². The van der Waals surface area contributed by atoms with Gasteiger partial charge in [-0.05, 0) is 18.9 Å². The number of ether oxygens (including phenoxy) is 1. The van der Waals surface area contributed by atoms with E-state index in [9.17, 15) is 0 Å². The Morgan fingerprint density at radius 2 is 1.85 bits per heavy atom. The van der Waals surface area contributed by atoms with Crippen LogP contribution in [0.4, 0.5) is 0 Å². The van der Waals surface area contributed by atoms with Gasteiger partial charge in [-0.25, -0.2) is 4.99 Å². The molecule has 4 nitrogen and oxygen atoms in total. The minimum atomic E-state index is 0.680. The number of aryl methyl sites for hydroxylation is 1. The molecule has 0 fully saturated rings. The number of benzene rings is 1. The summed E-state index contributed by atoms with van der Waals surface area (Å²) in [5.41, 5.74) is 2.50. The van der Waals surface area contributed by atoms with Gasteiger partial charge < -0.3 is 15.4 Å². The number of guanidine groups is 1. The van der Waals surface area contributed by atoms with Crippen molar-refractivity contribution in [1.29, 1.82) is 0 Å². The summed E-state index contributed by atoms with van der Waals surface area (Å²) in [5.74, 6) is 0.857. The maximum absolute atomic E-state index is 5.05. The lowest BCUT2D eigenvalue weighted by Crippen LogP contribution is -2.39. The lowest BCUT2D eigenvalue weighted by Gasteiger charge is -2.12. The molecule has 20 heavy (non-hydrogen) atoms. The number of rotatable bonds is 8. The smallest absolute Gasteiger partial charge is 0.191 e. The van der Waals surface area contributed by atoms with E-state index < -0.39 is 0 Å². The zero-order valence-corrected chi connectivity index (χ0v) is 12.9. The highest BCUT2D eigenvalue weighted by Gasteiger charge is 1.98. The minimum Gasteiger partial charge on any atom is -0.383 e. The van der Waals surface area contributed by atoms with E-state index in [1.54, 1.807) is 7.11 Å². The number of hydrogen-bond acceptors (Lipinski definition) is 2. The summed E-state index contributed by atoms with van der Waals surface area (Å²) < 4.78 is 5.05. The molecule has 0 aliphatic carbocycles. The molecule has 1 aromatic rings. The van der Waals surface area contributed by atoms with Gasteiger partial charge >= 0.3 is 0 Å². The largest absolute Gasteiger partial charge is 0.383 e. The summed E-state index contributed by atoms with van der Waals surface area (Å²) in [6, 6.07) is 8.48. The fourth-order valence-electron chi connectivity index (χ4n) is 1.69. The Morgan fingerprint density at radius 1 is 1.15 bits per heavy atom. The van der Waals surface area contributed by atoms with Gasteiger partial charge in [0.1, 0.15) is 0 Å². The maximum atomic E-state index is 5.05. The fraction of sp³-hybridized carbons (Fsp3) is 0.562. The molecule has 1 rings (SSSR count). The average molecular weight is 277 g/mol. The van der Waals surface area contributed by atoms with E-state index in [1.807, 2.05) is 0 Å². The van der Waals surface area contributed by atoms with Crippen molar-refractivity contribution in [3.05, 3.63) is 35.4 Å². The van der Waals surface area contributed by atoms with Crippen molar-refractivity contribution >= 4 is 5.96 Å². The Labute approximate surface area is 122 Å². The summed E-state index contributed by atoms with van der Waals surface area (Å²) in [7, 11) is 1.70. The van der Waals surface area contributed by atoms with Crippen molar-refractivity contribution in [1.82, 2.24) is 10.6 Å². The van der Waals surface area contributed by atoms with Gasteiger partial charge in [-0.1, -0.05) is 43.2 Å². The van der Waals surface area contributed by atoms with Crippen LogP contribution in [0.15, 0.2) is 29.3 Å². The Balaban J connectivity index is 2.50. The molecule has 0 aliphatic heterocycles. The normalized spacial score (nSPS) is 11.4. The molecule has 0 radical (unpaired) electrons. The van der Waals surface area contributed by atoms with Crippen LogP contribution in [0.2, 0.25) is 0 Å². The van der Waals surface area contributed by atoms with Gasteiger partial charge in [0, 0.05) is 20.2 Å². The number of nitrogens with one attached hydrogen (secondary N) is 2. The first-order valence-electron chi connectivity index (χ1n) is 7.33. The quantitative estimate of drug-likeness (QED) is 0.436. The van der Waals surface area contributed by atoms with Gasteiger partial charge in [0.05, 0.1) is 13.2 Å². The zero-order chi connectivity index (χ0) is 14.6. The molecule has 2 N–H and O–H groups in total. The van der Waals surface area contributed by atoms with Crippen LogP contribution >= 0.6 is 0 Å². The van der Waals surface area contributed by atoms with Crippen molar-refractivity contribution in [2.75, 3.05) is 26.8 Å². The van der Waals surface area contributed by atoms with Crippen LogP contribution in [-0.2, 0) is 11.3 Å². The highest BCUT2D eigenvalue weighted by atomic mass is 16.5. The molecule has 0 aliphatic rings. The van der Waals surface area contributed by atoms with Gasteiger partial charge in [0.2, 0.25) is 0 Å². The predicted octanol–water partition coefficient (Wildman–Crippen LogP) is 2.48. The monoisotopic (exact) mass is 277 g/mol. The minimum absolute atomic E-state index is 0.680. The summed E-state index contributed by atoms with van der Waals surface area (Å²) in [5, 5.41) is 6.62. The van der Waals surface area contributed by atoms with Gasteiger partial charge in [-0.15, -0.1) is 0 Å². The molecule has 0 unspecified atom stereocenters. The van der Waals surface area contributed by atoms with E-state index in [1.165, 1.54) is 17.5 Å². The van der Waals surface area contributed by atoms with E-state index in [0.717, 1.165) is 25.5 Å². The van der Waals surface area contributed by atoms with Crippen molar-refractivity contribution < 1.29 is 4.74 Å². The van der Waals surface area contributed by atoms with Crippen LogP contribution in [0, 0.1) is 6.92 Å². The predicted molar refractivity (Wildman–Crippen MR) is 85.1 cm³/mol. The Morgan fingerprint density at radius 3 is 2.50 bits per heavy atom. The number of unbranched alkanes of at least 4 members (excludes halogenated alkanes) is 1. The molecule has 0 saturated heterocycles. The molecule has 0 atom stereocenters. The third kappa shape index (κ3) is 7.14. The van der Waals surface area contributed by atoms with Crippen LogP contribution in [0.5, 0.6) is 0 Å². The zero-order valence-electron chi connectivity index (χ0n) is 12.9. The lowest BCUT2D eigenvalue weighted by molar-refractivity contribution is 0.203. The average Bonchev–Trinajstić information content (AvgIpc) is 2.46. The molecular weight excluding hydrogens is 250 g/mol. The first-order valence-corrected chi connectivity index (χ1v) is 7.33. The second-order valence-corrected chi connectivity index (χ2v) is 4.85. The Bertz CT molecular complexity index is 375. The van der Waals surface area contributed by atoms with Crippen LogP contribution in [-0.4, -0.2) is 32.8 Å². The SMILES string of the molecule is CCCCNC(=NCc1ccc(C)cc1)NCCOC. The fourth-order valence-corrected chi connectivity index (χ4v) is 1.69. The third-order valence-electron chi connectivity index (χ3n) is 2.96. The van der Waals surface area contributed by atoms with E-state index in [2.05, 4.69) is 53.7 Å². The lowest BCUT2D eigenvalue weighted by atomic mass is 10.1. The molecule has 0 heterocycles. The summed E-state index contributed by atoms with van der Waals surface area (Å²) in [6.07, 6.45) is 2.33. The molecule has 4 heteroatoms. The number of aliphatic imine (C=N–C) groups is 1. The number of nitrogens with zero attached hydrogens (tertiary/aromatic N) is 1. The summed E-state index contributed by atoms with van der Waals surface area (Å²) in [6.45, 7) is 7.36. The highest BCUT2D eigenvalue weighted by Crippen LogP contribution is 2.04. The van der Waals surface area contributed by atoms with E-state index >= 15 is 0 Å². The molecule has 112 valence electrons. The van der Waals surface area contributed by atoms with Gasteiger partial charge in [-0.3, -0.25) is 0 Å². The Hall–Kier alpha value is -1.55. The van der Waals surface area contributed by atoms with Crippen LogP contribution in [0.25, 0.3) is 0 Å². The van der Waals surface area contributed by atoms with Crippen molar-refractivity contribution in [2.24, 2.45) is 4.99 Å². The second kappa shape index (κ2) is 10.3. The number of hydrogen-bond donors (Lipinski definition) is 2. The Kier molecular flexibility index (Phi) is 8.47. The van der Waals surface area contributed by atoms with Crippen molar-refractivity contribution in [3.63, 3.8) is 0 Å². The molecule has 0 bridgehead atoms. The maximum Gasteiger partial charge on any atom is 0.191 e. The first-order chi connectivity index (χ1) is 9.76. The highest BCUT2D eigenvalue weighted by molar-refractivity contribution is 5.79. The van der Waals surface area contributed by atoms with E-state index in [4.69, 9.17) is 4.74 Å². The van der Waals surface area contributed by atoms with E-state index in [-0.39, 0.29) is 0 Å². The van der Waals surface area contributed by atoms with Crippen molar-refractivity contribution in [2.45, 2.75) is 33.2 Å². The van der Waals surface area contributed by atoms with Gasteiger partial charge in [0.15, 0.2) is 5.96 Å². The molecule has 0 amide bonds. The molecule has 0 saturated carbocycles. The molecular formula is C16H27N3O. The number of methoxy groups -OCH3 is 1. The molecule has 0 aromatic heterocycles. The van der Waals surface area contributed by atoms with Crippen LogP contribution in [0.3, 0.4) is 0 Å².